The van der Waals surface area contributed by atoms with Crippen LogP contribution in [0.4, 0.5) is 18.9 Å². The molecule has 188 valence electrons. The highest BCUT2D eigenvalue weighted by Crippen LogP contribution is 2.32. The van der Waals surface area contributed by atoms with Crippen molar-refractivity contribution < 1.29 is 27.5 Å². The number of anilines is 1. The molecule has 10 heteroatoms. The molecule has 4 rings (SSSR count). The lowest BCUT2D eigenvalue weighted by Gasteiger charge is -2.22. The van der Waals surface area contributed by atoms with Crippen LogP contribution in [-0.4, -0.2) is 38.9 Å². The number of ether oxygens (including phenoxy) is 1. The van der Waals surface area contributed by atoms with E-state index in [9.17, 15) is 22.8 Å². The second-order valence-electron chi connectivity index (χ2n) is 8.57. The third-order valence-corrected chi connectivity index (χ3v) is 6.04. The number of nitrogens with zero attached hydrogens (tertiary/aromatic N) is 2. The van der Waals surface area contributed by atoms with Gasteiger partial charge < -0.3 is 15.0 Å². The van der Waals surface area contributed by atoms with Crippen molar-refractivity contribution in [2.24, 2.45) is 0 Å². The number of fused-ring (bicyclic) bond motifs is 1. The van der Waals surface area contributed by atoms with Crippen molar-refractivity contribution in [3.05, 3.63) is 77.2 Å². The minimum Gasteiger partial charge on any atom is -0.442 e. The van der Waals surface area contributed by atoms with Crippen molar-refractivity contribution in [1.82, 2.24) is 14.8 Å². The highest BCUT2D eigenvalue weighted by molar-refractivity contribution is 5.98. The Hall–Kier alpha value is -4.08. The molecular weight excluding hydrogens is 473 g/mol. The fourth-order valence-electron chi connectivity index (χ4n) is 4.29. The lowest BCUT2D eigenvalue weighted by molar-refractivity contribution is -0.218. The van der Waals surface area contributed by atoms with Gasteiger partial charge in [-0.1, -0.05) is 36.4 Å². The van der Waals surface area contributed by atoms with Gasteiger partial charge in [0, 0.05) is 16.6 Å². The van der Waals surface area contributed by atoms with Crippen molar-refractivity contribution in [1.29, 1.82) is 0 Å². The van der Waals surface area contributed by atoms with Crippen molar-refractivity contribution >= 4 is 28.5 Å². The zero-order valence-electron chi connectivity index (χ0n) is 20.1. The quantitative estimate of drug-likeness (QED) is 0.344. The number of carbonyl (C=O) groups excluding carboxylic acids is 2. The zero-order chi connectivity index (χ0) is 26.2. The van der Waals surface area contributed by atoms with Crippen LogP contribution >= 0.6 is 0 Å². The maximum Gasteiger partial charge on any atom is 0.434 e. The Kier molecular flexibility index (Phi) is 6.62. The van der Waals surface area contributed by atoms with E-state index in [1.807, 2.05) is 6.07 Å². The van der Waals surface area contributed by atoms with E-state index in [0.717, 1.165) is 5.52 Å². The molecule has 4 aromatic rings. The third kappa shape index (κ3) is 4.71. The van der Waals surface area contributed by atoms with Gasteiger partial charge in [0.05, 0.1) is 28.7 Å². The molecular formula is C26H25F3N4O3. The highest BCUT2D eigenvalue weighted by atomic mass is 19.4. The number of alkyl halides is 3. The number of carbonyl (C=O) groups is 2. The van der Waals surface area contributed by atoms with Gasteiger partial charge in [0.25, 0.3) is 12.0 Å². The van der Waals surface area contributed by atoms with Crippen LogP contribution < -0.4 is 5.32 Å². The first-order valence-corrected chi connectivity index (χ1v) is 11.3. The highest BCUT2D eigenvalue weighted by Gasteiger charge is 2.49. The van der Waals surface area contributed by atoms with E-state index < -0.39 is 30.1 Å². The van der Waals surface area contributed by atoms with Gasteiger partial charge in [0.2, 0.25) is 0 Å². The number of aromatic nitrogens is 3. The number of halogens is 3. The molecule has 0 fully saturated rings. The second-order valence-corrected chi connectivity index (χ2v) is 8.57. The van der Waals surface area contributed by atoms with Crippen LogP contribution in [0.3, 0.4) is 0 Å². The molecule has 0 spiro atoms. The van der Waals surface area contributed by atoms with E-state index in [1.165, 1.54) is 11.6 Å². The number of aryl methyl sites for hydroxylation is 2. The number of rotatable bonds is 6. The van der Waals surface area contributed by atoms with E-state index in [2.05, 4.69) is 15.4 Å². The molecule has 2 unspecified atom stereocenters. The summed E-state index contributed by atoms with van der Waals surface area (Å²) in [6.07, 6.45) is -8.11. The number of H-pyrrole nitrogens is 1. The maximum atomic E-state index is 13.9. The van der Waals surface area contributed by atoms with Gasteiger partial charge in [0.1, 0.15) is 0 Å². The van der Waals surface area contributed by atoms with E-state index in [-0.39, 0.29) is 5.69 Å². The monoisotopic (exact) mass is 498 g/mol. The van der Waals surface area contributed by atoms with E-state index in [4.69, 9.17) is 4.74 Å². The molecule has 2 heterocycles. The zero-order valence-corrected chi connectivity index (χ0v) is 20.1. The normalized spacial score (nSPS) is 13.4. The van der Waals surface area contributed by atoms with E-state index in [0.29, 0.717) is 33.7 Å². The van der Waals surface area contributed by atoms with Gasteiger partial charge in [-0.05, 0) is 51.5 Å². The second kappa shape index (κ2) is 9.52. The summed E-state index contributed by atoms with van der Waals surface area (Å²) in [4.78, 5) is 28.7. The van der Waals surface area contributed by atoms with Crippen LogP contribution in [0, 0.1) is 20.8 Å². The van der Waals surface area contributed by atoms with Gasteiger partial charge in [0.15, 0.2) is 0 Å². The topological polar surface area (TPSA) is 89.0 Å². The molecule has 0 radical (unpaired) electrons. The van der Waals surface area contributed by atoms with Crippen LogP contribution in [0.25, 0.3) is 16.6 Å². The Morgan fingerprint density at radius 1 is 1.03 bits per heavy atom. The SMILES string of the molecule is Cc1nn(-c2ccccc2)c(C)c1NC(=O)C(OC(=O)C(C)c1c(C)[nH]c2ccccc12)C(F)(F)F. The van der Waals surface area contributed by atoms with Crippen LogP contribution in [-0.2, 0) is 14.3 Å². The van der Waals surface area contributed by atoms with Gasteiger partial charge in [-0.15, -0.1) is 0 Å². The van der Waals surface area contributed by atoms with Crippen LogP contribution in [0.5, 0.6) is 0 Å². The van der Waals surface area contributed by atoms with Gasteiger partial charge in [-0.2, -0.15) is 18.3 Å². The molecule has 0 saturated heterocycles. The summed E-state index contributed by atoms with van der Waals surface area (Å²) in [6, 6.07) is 16.1. The summed E-state index contributed by atoms with van der Waals surface area (Å²) in [6.45, 7) is 6.37. The van der Waals surface area contributed by atoms with Crippen molar-refractivity contribution in [2.45, 2.75) is 45.9 Å². The maximum absolute atomic E-state index is 13.9. The van der Waals surface area contributed by atoms with Crippen molar-refractivity contribution in [3.63, 3.8) is 0 Å². The first-order chi connectivity index (χ1) is 17.0. The molecule has 0 aliphatic carbocycles. The number of esters is 1. The Labute approximate surface area is 205 Å². The smallest absolute Gasteiger partial charge is 0.434 e. The van der Waals surface area contributed by atoms with E-state index in [1.54, 1.807) is 69.3 Å². The Morgan fingerprint density at radius 2 is 1.67 bits per heavy atom. The summed E-state index contributed by atoms with van der Waals surface area (Å²) < 4.78 is 47.9. The number of hydrogen-bond donors (Lipinski definition) is 2. The Bertz CT molecular complexity index is 1420. The average molecular weight is 499 g/mol. The van der Waals surface area contributed by atoms with Crippen LogP contribution in [0.2, 0.25) is 0 Å². The first kappa shape index (κ1) is 25.0. The summed E-state index contributed by atoms with van der Waals surface area (Å²) >= 11 is 0. The predicted octanol–water partition coefficient (Wildman–Crippen LogP) is 5.50. The molecule has 0 aliphatic heterocycles. The minimum atomic E-state index is -5.12. The largest absolute Gasteiger partial charge is 0.442 e. The van der Waals surface area contributed by atoms with Crippen molar-refractivity contribution in [2.75, 3.05) is 5.32 Å². The fourth-order valence-corrected chi connectivity index (χ4v) is 4.29. The predicted molar refractivity (Wildman–Crippen MR) is 129 cm³/mol. The standard InChI is InChI=1S/C26H25F3N4O3/c1-14(21-15(2)30-20-13-9-8-12-19(20)21)25(35)36-23(26(27,28)29)24(34)31-22-16(3)32-33(17(22)4)18-10-6-5-7-11-18/h5-14,23,30H,1-4H3,(H,31,34). The number of para-hydroxylation sites is 2. The molecule has 0 aliphatic rings. The summed E-state index contributed by atoms with van der Waals surface area (Å²) in [5.74, 6) is -3.70. The number of amides is 1. The summed E-state index contributed by atoms with van der Waals surface area (Å²) in [5.41, 5.74) is 3.45. The summed E-state index contributed by atoms with van der Waals surface area (Å²) in [7, 11) is 0. The molecule has 1 amide bonds. The van der Waals surface area contributed by atoms with Gasteiger partial charge in [-0.3, -0.25) is 9.59 Å². The minimum absolute atomic E-state index is 0.120. The van der Waals surface area contributed by atoms with Crippen molar-refractivity contribution in [3.8, 4) is 5.69 Å². The first-order valence-electron chi connectivity index (χ1n) is 11.3. The molecule has 7 nitrogen and oxygen atoms in total. The Balaban J connectivity index is 1.58. The Morgan fingerprint density at radius 3 is 2.33 bits per heavy atom. The number of aromatic amines is 1. The van der Waals surface area contributed by atoms with Gasteiger partial charge >= 0.3 is 12.1 Å². The molecule has 2 aromatic heterocycles. The number of benzene rings is 2. The van der Waals surface area contributed by atoms with Crippen LogP contribution in [0.15, 0.2) is 54.6 Å². The molecule has 2 N–H and O–H groups in total. The fraction of sp³-hybridized carbons (Fsp3) is 0.269. The molecule has 0 bridgehead atoms. The van der Waals surface area contributed by atoms with Crippen LogP contribution in [0.1, 0.15) is 35.5 Å². The summed E-state index contributed by atoms with van der Waals surface area (Å²) in [5, 5.41) is 7.30. The number of nitrogens with one attached hydrogen (secondary N) is 2. The molecule has 36 heavy (non-hydrogen) atoms. The lowest BCUT2D eigenvalue weighted by atomic mass is 9.98. The number of hydrogen-bond acceptors (Lipinski definition) is 4. The average Bonchev–Trinajstić information content (AvgIpc) is 3.31. The van der Waals surface area contributed by atoms with Gasteiger partial charge in [-0.25, -0.2) is 4.68 Å². The molecule has 2 atom stereocenters. The molecule has 0 saturated carbocycles. The van der Waals surface area contributed by atoms with E-state index >= 15 is 0 Å². The molecule has 2 aromatic carbocycles. The third-order valence-electron chi connectivity index (χ3n) is 6.04. The lowest BCUT2D eigenvalue weighted by Crippen LogP contribution is -2.44.